The third-order valence-electron chi connectivity index (χ3n) is 6.31. The molecular weight excluding hydrogens is 427 g/mol. The molecule has 2 aliphatic rings. The summed E-state index contributed by atoms with van der Waals surface area (Å²) in [6.07, 6.45) is 7.72. The van der Waals surface area contributed by atoms with E-state index in [2.05, 4.69) is 51.3 Å². The summed E-state index contributed by atoms with van der Waals surface area (Å²) >= 11 is 12.3. The van der Waals surface area contributed by atoms with Gasteiger partial charge in [0, 0.05) is 44.0 Å². The highest BCUT2D eigenvalue weighted by molar-refractivity contribution is 6.42. The summed E-state index contributed by atoms with van der Waals surface area (Å²) in [5, 5.41) is 5.81. The molecule has 1 aliphatic heterocycles. The maximum atomic E-state index is 6.23. The molecule has 2 heterocycles. The van der Waals surface area contributed by atoms with Crippen molar-refractivity contribution in [2.24, 2.45) is 0 Å². The number of halogens is 2. The summed E-state index contributed by atoms with van der Waals surface area (Å²) < 4.78 is 2.02. The molecule has 0 bridgehead atoms. The zero-order valence-corrected chi connectivity index (χ0v) is 19.0. The number of anilines is 1. The van der Waals surface area contributed by atoms with Crippen LogP contribution in [0.4, 0.5) is 5.69 Å². The van der Waals surface area contributed by atoms with Gasteiger partial charge in [0.15, 0.2) is 0 Å². The summed E-state index contributed by atoms with van der Waals surface area (Å²) in [5.41, 5.74) is 6.25. The minimum Gasteiger partial charge on any atom is -0.369 e. The molecule has 1 fully saturated rings. The quantitative estimate of drug-likeness (QED) is 0.505. The molecule has 1 aliphatic carbocycles. The van der Waals surface area contributed by atoms with Crippen LogP contribution in [0.25, 0.3) is 11.3 Å². The number of benzene rings is 2. The topological polar surface area (TPSA) is 24.3 Å². The highest BCUT2D eigenvalue weighted by Crippen LogP contribution is 2.33. The third-order valence-corrected chi connectivity index (χ3v) is 7.05. The van der Waals surface area contributed by atoms with E-state index in [1.165, 1.54) is 22.5 Å². The fourth-order valence-corrected chi connectivity index (χ4v) is 4.87. The zero-order valence-electron chi connectivity index (χ0n) is 17.5. The Morgan fingerprint density at radius 3 is 2.45 bits per heavy atom. The van der Waals surface area contributed by atoms with Crippen LogP contribution in [0, 0.1) is 0 Å². The van der Waals surface area contributed by atoms with Crippen LogP contribution in [-0.4, -0.2) is 47.4 Å². The van der Waals surface area contributed by atoms with Gasteiger partial charge in [0.2, 0.25) is 0 Å². The largest absolute Gasteiger partial charge is 0.369 e. The molecule has 0 atom stereocenters. The number of piperazine rings is 1. The first kappa shape index (κ1) is 20.6. The summed E-state index contributed by atoms with van der Waals surface area (Å²) in [7, 11) is 0. The van der Waals surface area contributed by atoms with Crippen molar-refractivity contribution in [3.8, 4) is 5.69 Å². The Kier molecular flexibility index (Phi) is 6.04. The lowest BCUT2D eigenvalue weighted by Gasteiger charge is -2.35. The summed E-state index contributed by atoms with van der Waals surface area (Å²) in [5.74, 6) is 0. The Hall–Kier alpha value is -2.27. The van der Waals surface area contributed by atoms with Gasteiger partial charge in [-0.05, 0) is 55.2 Å². The number of rotatable bonds is 4. The van der Waals surface area contributed by atoms with Gasteiger partial charge in [0.1, 0.15) is 0 Å². The first-order valence-corrected chi connectivity index (χ1v) is 11.7. The Labute approximate surface area is 193 Å². The first-order valence-electron chi connectivity index (χ1n) is 10.9. The van der Waals surface area contributed by atoms with Gasteiger partial charge in [-0.3, -0.25) is 4.90 Å². The van der Waals surface area contributed by atoms with Crippen molar-refractivity contribution in [1.82, 2.24) is 14.7 Å². The predicted molar refractivity (Wildman–Crippen MR) is 130 cm³/mol. The number of aromatic nitrogens is 2. The lowest BCUT2D eigenvalue weighted by atomic mass is 9.92. The third kappa shape index (κ3) is 4.38. The number of allylic oxidation sites excluding steroid dienone is 1. The van der Waals surface area contributed by atoms with Crippen molar-refractivity contribution in [2.75, 3.05) is 37.6 Å². The van der Waals surface area contributed by atoms with E-state index in [0.717, 1.165) is 57.7 Å². The Morgan fingerprint density at radius 1 is 0.871 bits per heavy atom. The molecule has 0 spiro atoms. The second-order valence-electron chi connectivity index (χ2n) is 8.22. The summed E-state index contributed by atoms with van der Waals surface area (Å²) in [4.78, 5) is 5.02. The molecule has 5 rings (SSSR count). The van der Waals surface area contributed by atoms with Crippen LogP contribution in [0.15, 0.2) is 60.8 Å². The number of fused-ring (bicyclic) bond motifs is 1. The number of para-hydroxylation sites is 1. The molecule has 1 aromatic heterocycles. The molecule has 160 valence electrons. The van der Waals surface area contributed by atoms with Crippen molar-refractivity contribution in [3.05, 3.63) is 82.1 Å². The summed E-state index contributed by atoms with van der Waals surface area (Å²) in [6.45, 7) is 5.33. The van der Waals surface area contributed by atoms with E-state index in [1.54, 1.807) is 0 Å². The van der Waals surface area contributed by atoms with Gasteiger partial charge in [0.05, 0.1) is 27.6 Å². The molecule has 6 heteroatoms. The second kappa shape index (κ2) is 9.07. The van der Waals surface area contributed by atoms with Gasteiger partial charge in [-0.15, -0.1) is 0 Å². The lowest BCUT2D eigenvalue weighted by Crippen LogP contribution is -2.46. The molecule has 4 nitrogen and oxygen atoms in total. The molecule has 0 radical (unpaired) electrons. The van der Waals surface area contributed by atoms with Gasteiger partial charge in [0.25, 0.3) is 0 Å². The number of hydrogen-bond acceptors (Lipinski definition) is 3. The van der Waals surface area contributed by atoms with E-state index in [-0.39, 0.29) is 0 Å². The van der Waals surface area contributed by atoms with E-state index in [4.69, 9.17) is 23.2 Å². The van der Waals surface area contributed by atoms with Crippen molar-refractivity contribution < 1.29 is 0 Å². The number of nitrogens with zero attached hydrogens (tertiary/aromatic N) is 4. The molecule has 0 amide bonds. The molecule has 31 heavy (non-hydrogen) atoms. The van der Waals surface area contributed by atoms with E-state index < -0.39 is 0 Å². The average molecular weight is 453 g/mol. The highest BCUT2D eigenvalue weighted by Gasteiger charge is 2.21. The van der Waals surface area contributed by atoms with Crippen LogP contribution in [0.2, 0.25) is 10.0 Å². The maximum Gasteiger partial charge on any atom is 0.0664 e. The van der Waals surface area contributed by atoms with Crippen LogP contribution in [-0.2, 0) is 6.42 Å². The molecule has 0 N–H and O–H groups in total. The van der Waals surface area contributed by atoms with E-state index in [9.17, 15) is 0 Å². The van der Waals surface area contributed by atoms with Gasteiger partial charge in [-0.25, -0.2) is 4.68 Å². The van der Waals surface area contributed by atoms with Crippen molar-refractivity contribution >= 4 is 34.5 Å². The standard InChI is InChI=1S/C25H26Cl2N4/c26-23-10-9-21(17-24(23)27)31-25-8-4-5-19(22(25)18-28-31)11-12-29-13-15-30(16-14-29)20-6-2-1-3-7-20/h1-3,6-7,9-11,17-18H,4-5,8,12-16H2/b19-11+. The van der Waals surface area contributed by atoms with Crippen LogP contribution in [0.5, 0.6) is 0 Å². The van der Waals surface area contributed by atoms with E-state index in [0.29, 0.717) is 10.0 Å². The minimum atomic E-state index is 0.560. The van der Waals surface area contributed by atoms with Crippen LogP contribution in [0.3, 0.4) is 0 Å². The molecule has 2 aromatic carbocycles. The van der Waals surface area contributed by atoms with Crippen LogP contribution < -0.4 is 4.90 Å². The normalized spacial score (nSPS) is 18.4. The van der Waals surface area contributed by atoms with E-state index >= 15 is 0 Å². The first-order chi connectivity index (χ1) is 15.2. The van der Waals surface area contributed by atoms with Gasteiger partial charge in [-0.1, -0.05) is 47.5 Å². The molecule has 0 saturated carbocycles. The smallest absolute Gasteiger partial charge is 0.0664 e. The number of hydrogen-bond donors (Lipinski definition) is 0. The minimum absolute atomic E-state index is 0.560. The monoisotopic (exact) mass is 452 g/mol. The molecular formula is C25H26Cl2N4. The SMILES string of the molecule is Clc1ccc(-n2ncc3c2CCC/C3=C\CN2CCN(c3ccccc3)CC2)cc1Cl. The van der Waals surface area contributed by atoms with Crippen LogP contribution >= 0.6 is 23.2 Å². The predicted octanol–water partition coefficient (Wildman–Crippen LogP) is 5.72. The Balaban J connectivity index is 1.28. The van der Waals surface area contributed by atoms with Crippen molar-refractivity contribution in [1.29, 1.82) is 0 Å². The van der Waals surface area contributed by atoms with Crippen LogP contribution in [0.1, 0.15) is 24.1 Å². The fourth-order valence-electron chi connectivity index (χ4n) is 4.58. The summed E-state index contributed by atoms with van der Waals surface area (Å²) in [6, 6.07) is 16.4. The van der Waals surface area contributed by atoms with Crippen molar-refractivity contribution in [2.45, 2.75) is 19.3 Å². The average Bonchev–Trinajstić information content (AvgIpc) is 3.25. The Morgan fingerprint density at radius 2 is 1.68 bits per heavy atom. The zero-order chi connectivity index (χ0) is 21.2. The fraction of sp³-hybridized carbons (Fsp3) is 0.320. The second-order valence-corrected chi connectivity index (χ2v) is 9.04. The Bertz CT molecular complexity index is 1080. The maximum absolute atomic E-state index is 6.23. The molecule has 1 saturated heterocycles. The highest BCUT2D eigenvalue weighted by atomic mass is 35.5. The van der Waals surface area contributed by atoms with Gasteiger partial charge < -0.3 is 4.90 Å². The lowest BCUT2D eigenvalue weighted by molar-refractivity contribution is 0.284. The van der Waals surface area contributed by atoms with Crippen molar-refractivity contribution in [3.63, 3.8) is 0 Å². The van der Waals surface area contributed by atoms with Gasteiger partial charge >= 0.3 is 0 Å². The van der Waals surface area contributed by atoms with Gasteiger partial charge in [-0.2, -0.15) is 5.10 Å². The van der Waals surface area contributed by atoms with E-state index in [1.807, 2.05) is 29.1 Å². The molecule has 0 unspecified atom stereocenters. The molecule has 3 aromatic rings.